The van der Waals surface area contributed by atoms with Crippen molar-refractivity contribution in [2.75, 3.05) is 12.3 Å². The average molecular weight is 152 g/mol. The minimum absolute atomic E-state index is 0.622. The molecule has 0 saturated heterocycles. The van der Waals surface area contributed by atoms with Crippen LogP contribution in [0.1, 0.15) is 12.6 Å². The molecule has 0 radical (unpaired) electrons. The molecule has 0 aromatic carbocycles. The number of anilines is 1. The summed E-state index contributed by atoms with van der Waals surface area (Å²) in [6.07, 6.45) is 1.67. The average Bonchev–Trinajstić information content (AvgIpc) is 1.97. The highest BCUT2D eigenvalue weighted by Gasteiger charge is 2.02. The Morgan fingerprint density at radius 1 is 1.64 bits per heavy atom. The summed E-state index contributed by atoms with van der Waals surface area (Å²) in [5, 5.41) is 0. The summed E-state index contributed by atoms with van der Waals surface area (Å²) in [6.45, 7) is 4.42. The van der Waals surface area contributed by atoms with Crippen LogP contribution in [0.2, 0.25) is 0 Å². The SMILES string of the molecule is CCOc1c(N)ccnc1C. The van der Waals surface area contributed by atoms with E-state index in [1.54, 1.807) is 12.3 Å². The van der Waals surface area contributed by atoms with Crippen LogP contribution in [0.5, 0.6) is 5.75 Å². The zero-order chi connectivity index (χ0) is 8.27. The lowest BCUT2D eigenvalue weighted by atomic mass is 10.3. The summed E-state index contributed by atoms with van der Waals surface area (Å²) < 4.78 is 5.28. The molecule has 60 valence electrons. The Balaban J connectivity index is 3.00. The van der Waals surface area contributed by atoms with Gasteiger partial charge in [0.15, 0.2) is 5.75 Å². The number of ether oxygens (including phenoxy) is 1. The van der Waals surface area contributed by atoms with E-state index in [0.717, 1.165) is 5.69 Å². The predicted molar refractivity (Wildman–Crippen MR) is 44.6 cm³/mol. The molecular formula is C8H12N2O. The van der Waals surface area contributed by atoms with E-state index >= 15 is 0 Å². The van der Waals surface area contributed by atoms with Gasteiger partial charge >= 0.3 is 0 Å². The van der Waals surface area contributed by atoms with Crippen LogP contribution in [0.15, 0.2) is 12.3 Å². The van der Waals surface area contributed by atoms with Crippen LogP contribution in [-0.2, 0) is 0 Å². The minimum Gasteiger partial charge on any atom is -0.490 e. The van der Waals surface area contributed by atoms with Gasteiger partial charge in [-0.15, -0.1) is 0 Å². The van der Waals surface area contributed by atoms with Gasteiger partial charge in [0, 0.05) is 6.20 Å². The molecule has 0 aliphatic heterocycles. The van der Waals surface area contributed by atoms with Crippen molar-refractivity contribution in [1.82, 2.24) is 4.98 Å². The first kappa shape index (κ1) is 7.85. The standard InChI is InChI=1S/C8H12N2O/c1-3-11-8-6(2)10-5-4-7(8)9/h4-5H,3H2,1-2H3,(H2,9,10). The van der Waals surface area contributed by atoms with Crippen LogP contribution in [0.25, 0.3) is 0 Å². The van der Waals surface area contributed by atoms with Gasteiger partial charge in [-0.1, -0.05) is 0 Å². The fourth-order valence-corrected chi connectivity index (χ4v) is 0.905. The number of nitrogens with zero attached hydrogens (tertiary/aromatic N) is 1. The molecule has 0 fully saturated rings. The van der Waals surface area contributed by atoms with E-state index in [2.05, 4.69) is 4.98 Å². The van der Waals surface area contributed by atoms with Crippen LogP contribution < -0.4 is 10.5 Å². The second-order valence-corrected chi connectivity index (χ2v) is 2.25. The van der Waals surface area contributed by atoms with E-state index in [4.69, 9.17) is 10.5 Å². The maximum atomic E-state index is 5.64. The molecule has 0 amide bonds. The number of nitrogens with two attached hydrogens (primary N) is 1. The van der Waals surface area contributed by atoms with E-state index in [-0.39, 0.29) is 0 Å². The molecule has 2 N–H and O–H groups in total. The molecule has 1 aromatic heterocycles. The van der Waals surface area contributed by atoms with Gasteiger partial charge in [-0.3, -0.25) is 4.98 Å². The molecule has 11 heavy (non-hydrogen) atoms. The maximum Gasteiger partial charge on any atom is 0.163 e. The molecule has 3 nitrogen and oxygen atoms in total. The molecule has 0 spiro atoms. The molecule has 0 aliphatic rings. The van der Waals surface area contributed by atoms with Crippen molar-refractivity contribution in [1.29, 1.82) is 0 Å². The Morgan fingerprint density at radius 3 is 2.91 bits per heavy atom. The molecule has 1 aromatic rings. The van der Waals surface area contributed by atoms with Gasteiger partial charge in [0.2, 0.25) is 0 Å². The largest absolute Gasteiger partial charge is 0.490 e. The predicted octanol–water partition coefficient (Wildman–Crippen LogP) is 1.37. The molecule has 0 bridgehead atoms. The Labute approximate surface area is 66.2 Å². The second-order valence-electron chi connectivity index (χ2n) is 2.25. The first-order valence-electron chi connectivity index (χ1n) is 3.59. The normalized spacial score (nSPS) is 9.64. The van der Waals surface area contributed by atoms with Crippen molar-refractivity contribution in [2.45, 2.75) is 13.8 Å². The van der Waals surface area contributed by atoms with Gasteiger partial charge in [0.05, 0.1) is 18.0 Å². The van der Waals surface area contributed by atoms with Crippen LogP contribution in [0, 0.1) is 6.92 Å². The van der Waals surface area contributed by atoms with E-state index < -0.39 is 0 Å². The fourth-order valence-electron chi connectivity index (χ4n) is 0.905. The molecular weight excluding hydrogens is 140 g/mol. The summed E-state index contributed by atoms with van der Waals surface area (Å²) in [5.74, 6) is 0.704. The fraction of sp³-hybridized carbons (Fsp3) is 0.375. The van der Waals surface area contributed by atoms with E-state index in [1.807, 2.05) is 13.8 Å². The Kier molecular flexibility index (Phi) is 2.31. The summed E-state index contributed by atoms with van der Waals surface area (Å²) in [4.78, 5) is 4.05. The lowest BCUT2D eigenvalue weighted by Gasteiger charge is -2.07. The summed E-state index contributed by atoms with van der Waals surface area (Å²) >= 11 is 0. The third-order valence-corrected chi connectivity index (χ3v) is 1.40. The smallest absolute Gasteiger partial charge is 0.163 e. The van der Waals surface area contributed by atoms with Gasteiger partial charge in [-0.2, -0.15) is 0 Å². The van der Waals surface area contributed by atoms with Crippen molar-refractivity contribution >= 4 is 5.69 Å². The van der Waals surface area contributed by atoms with Crippen molar-refractivity contribution in [3.63, 3.8) is 0 Å². The number of rotatable bonds is 2. The highest BCUT2D eigenvalue weighted by Crippen LogP contribution is 2.22. The number of aromatic nitrogens is 1. The third kappa shape index (κ3) is 1.61. The van der Waals surface area contributed by atoms with Crippen molar-refractivity contribution in [3.05, 3.63) is 18.0 Å². The van der Waals surface area contributed by atoms with Gasteiger partial charge in [-0.25, -0.2) is 0 Å². The lowest BCUT2D eigenvalue weighted by Crippen LogP contribution is -1.99. The van der Waals surface area contributed by atoms with Crippen LogP contribution >= 0.6 is 0 Å². The monoisotopic (exact) mass is 152 g/mol. The van der Waals surface area contributed by atoms with Crippen molar-refractivity contribution < 1.29 is 4.74 Å². The minimum atomic E-state index is 0.622. The van der Waals surface area contributed by atoms with Gasteiger partial charge < -0.3 is 10.5 Å². The summed E-state index contributed by atoms with van der Waals surface area (Å²) in [5.41, 5.74) is 7.13. The molecule has 0 atom stereocenters. The van der Waals surface area contributed by atoms with Crippen LogP contribution in [0.3, 0.4) is 0 Å². The number of hydrogen-bond donors (Lipinski definition) is 1. The lowest BCUT2D eigenvalue weighted by molar-refractivity contribution is 0.338. The topological polar surface area (TPSA) is 48.1 Å². The van der Waals surface area contributed by atoms with E-state index in [9.17, 15) is 0 Å². The number of hydrogen-bond acceptors (Lipinski definition) is 3. The maximum absolute atomic E-state index is 5.64. The number of nitrogen functional groups attached to an aromatic ring is 1. The highest BCUT2D eigenvalue weighted by atomic mass is 16.5. The van der Waals surface area contributed by atoms with E-state index in [0.29, 0.717) is 18.0 Å². The first-order valence-corrected chi connectivity index (χ1v) is 3.59. The molecule has 0 unspecified atom stereocenters. The summed E-state index contributed by atoms with van der Waals surface area (Å²) in [6, 6.07) is 1.73. The molecule has 0 aliphatic carbocycles. The number of pyridine rings is 1. The zero-order valence-electron chi connectivity index (χ0n) is 6.79. The van der Waals surface area contributed by atoms with Gasteiger partial charge in [0.25, 0.3) is 0 Å². The van der Waals surface area contributed by atoms with Crippen molar-refractivity contribution in [2.24, 2.45) is 0 Å². The second kappa shape index (κ2) is 3.23. The van der Waals surface area contributed by atoms with Crippen molar-refractivity contribution in [3.8, 4) is 5.75 Å². The molecule has 0 saturated carbocycles. The number of aryl methyl sites for hydroxylation is 1. The van der Waals surface area contributed by atoms with Gasteiger partial charge in [-0.05, 0) is 19.9 Å². The Morgan fingerprint density at radius 2 is 2.36 bits per heavy atom. The zero-order valence-corrected chi connectivity index (χ0v) is 6.79. The third-order valence-electron chi connectivity index (χ3n) is 1.40. The first-order chi connectivity index (χ1) is 5.25. The molecule has 1 rings (SSSR count). The van der Waals surface area contributed by atoms with E-state index in [1.165, 1.54) is 0 Å². The van der Waals surface area contributed by atoms with Crippen LogP contribution in [0.4, 0.5) is 5.69 Å². The highest BCUT2D eigenvalue weighted by molar-refractivity contribution is 5.53. The summed E-state index contributed by atoms with van der Waals surface area (Å²) in [7, 11) is 0. The quantitative estimate of drug-likeness (QED) is 0.696. The molecule has 1 heterocycles. The Hall–Kier alpha value is -1.25. The Bertz CT molecular complexity index is 228. The van der Waals surface area contributed by atoms with Crippen LogP contribution in [-0.4, -0.2) is 11.6 Å². The van der Waals surface area contributed by atoms with Gasteiger partial charge in [0.1, 0.15) is 0 Å². The molecule has 3 heteroatoms.